The second-order valence-electron chi connectivity index (χ2n) is 6.13. The molecule has 0 unspecified atom stereocenters. The van der Waals surface area contributed by atoms with Crippen molar-refractivity contribution in [1.29, 1.82) is 0 Å². The molecule has 0 atom stereocenters. The zero-order valence-electron chi connectivity index (χ0n) is 14.2. The molecule has 0 aliphatic carbocycles. The molecule has 2 aromatic rings. The number of piperidine rings is 1. The van der Waals surface area contributed by atoms with Crippen LogP contribution in [0.1, 0.15) is 30.7 Å². The topological polar surface area (TPSA) is 89.3 Å². The van der Waals surface area contributed by atoms with Crippen molar-refractivity contribution in [1.82, 2.24) is 13.5 Å². The van der Waals surface area contributed by atoms with Gasteiger partial charge in [0, 0.05) is 13.1 Å². The van der Waals surface area contributed by atoms with Gasteiger partial charge in [0.15, 0.2) is 0 Å². The van der Waals surface area contributed by atoms with Gasteiger partial charge in [-0.3, -0.25) is 0 Å². The van der Waals surface area contributed by atoms with E-state index in [0.29, 0.717) is 13.1 Å². The van der Waals surface area contributed by atoms with Crippen LogP contribution in [-0.4, -0.2) is 43.4 Å². The van der Waals surface area contributed by atoms with E-state index in [-0.39, 0.29) is 21.2 Å². The molecule has 2 heterocycles. The highest BCUT2D eigenvalue weighted by Gasteiger charge is 2.34. The van der Waals surface area contributed by atoms with E-state index in [1.807, 2.05) is 0 Å². The van der Waals surface area contributed by atoms with Crippen molar-refractivity contribution in [2.24, 2.45) is 0 Å². The molecule has 1 aromatic carbocycles. The van der Waals surface area contributed by atoms with Gasteiger partial charge in [0.2, 0.25) is 10.0 Å². The summed E-state index contributed by atoms with van der Waals surface area (Å²) >= 11 is 0. The predicted molar refractivity (Wildman–Crippen MR) is 93.3 cm³/mol. The molecule has 25 heavy (non-hydrogen) atoms. The SMILES string of the molecule is Cc1nn(S(=O)(=O)c2ccccc2)c(C)c1S(=O)(=O)N1CCCCC1. The summed E-state index contributed by atoms with van der Waals surface area (Å²) in [6.07, 6.45) is 2.63. The van der Waals surface area contributed by atoms with Gasteiger partial charge in [-0.05, 0) is 38.8 Å². The molecule has 136 valence electrons. The van der Waals surface area contributed by atoms with Gasteiger partial charge in [-0.1, -0.05) is 24.6 Å². The molecule has 1 saturated heterocycles. The average Bonchev–Trinajstić information content (AvgIpc) is 2.92. The van der Waals surface area contributed by atoms with Gasteiger partial charge in [-0.25, -0.2) is 8.42 Å². The first-order valence-corrected chi connectivity index (χ1v) is 11.0. The third-order valence-electron chi connectivity index (χ3n) is 4.37. The van der Waals surface area contributed by atoms with E-state index in [0.717, 1.165) is 23.3 Å². The monoisotopic (exact) mass is 383 g/mol. The number of rotatable bonds is 4. The molecule has 3 rings (SSSR count). The Kier molecular flexibility index (Phi) is 4.74. The Hall–Kier alpha value is -1.71. The number of aryl methyl sites for hydroxylation is 1. The molecule has 7 nitrogen and oxygen atoms in total. The molecule has 1 aromatic heterocycles. The zero-order chi connectivity index (χ0) is 18.2. The lowest BCUT2D eigenvalue weighted by atomic mass is 10.2. The average molecular weight is 383 g/mol. The van der Waals surface area contributed by atoms with Gasteiger partial charge in [-0.2, -0.15) is 21.9 Å². The molecule has 0 amide bonds. The summed E-state index contributed by atoms with van der Waals surface area (Å²) in [5, 5.41) is 4.04. The van der Waals surface area contributed by atoms with Gasteiger partial charge in [-0.15, -0.1) is 0 Å². The second kappa shape index (κ2) is 6.54. The maximum absolute atomic E-state index is 13.0. The standard InChI is InChI=1S/C16H21N3O4S2/c1-13-16(25(22,23)18-11-7-4-8-12-18)14(2)19(17-13)24(20,21)15-9-5-3-6-10-15/h3,5-6,9-10H,4,7-8,11-12H2,1-2H3. The van der Waals surface area contributed by atoms with Crippen LogP contribution < -0.4 is 0 Å². The summed E-state index contributed by atoms with van der Waals surface area (Å²) in [7, 11) is -7.70. The maximum Gasteiger partial charge on any atom is 0.283 e. The number of nitrogens with zero attached hydrogens (tertiary/aromatic N) is 3. The van der Waals surface area contributed by atoms with Crippen LogP contribution in [-0.2, 0) is 20.0 Å². The maximum atomic E-state index is 13.0. The van der Waals surface area contributed by atoms with Crippen molar-refractivity contribution in [3.8, 4) is 0 Å². The Morgan fingerprint density at radius 3 is 2.08 bits per heavy atom. The number of hydrogen-bond donors (Lipinski definition) is 0. The van der Waals surface area contributed by atoms with Crippen molar-refractivity contribution in [2.75, 3.05) is 13.1 Å². The van der Waals surface area contributed by atoms with E-state index in [1.165, 1.54) is 30.3 Å². The molecule has 0 N–H and O–H groups in total. The molecular weight excluding hydrogens is 362 g/mol. The van der Waals surface area contributed by atoms with Crippen LogP contribution in [0.3, 0.4) is 0 Å². The Morgan fingerprint density at radius 2 is 1.48 bits per heavy atom. The predicted octanol–water partition coefficient (Wildman–Crippen LogP) is 1.91. The highest BCUT2D eigenvalue weighted by atomic mass is 32.2. The van der Waals surface area contributed by atoms with Crippen LogP contribution in [0.4, 0.5) is 0 Å². The zero-order valence-corrected chi connectivity index (χ0v) is 15.8. The van der Waals surface area contributed by atoms with Crippen LogP contribution >= 0.6 is 0 Å². The summed E-state index contributed by atoms with van der Waals surface area (Å²) in [4.78, 5) is 0.0661. The lowest BCUT2D eigenvalue weighted by Crippen LogP contribution is -2.36. The van der Waals surface area contributed by atoms with Gasteiger partial charge in [0.05, 0.1) is 16.3 Å². The second-order valence-corrected chi connectivity index (χ2v) is 9.77. The molecular formula is C16H21N3O4S2. The van der Waals surface area contributed by atoms with Crippen molar-refractivity contribution in [3.63, 3.8) is 0 Å². The first-order valence-electron chi connectivity index (χ1n) is 8.13. The highest BCUT2D eigenvalue weighted by Crippen LogP contribution is 2.28. The van der Waals surface area contributed by atoms with Gasteiger partial charge in [0.25, 0.3) is 10.0 Å². The van der Waals surface area contributed by atoms with Crippen LogP contribution in [0.2, 0.25) is 0 Å². The molecule has 0 saturated carbocycles. The minimum atomic E-state index is -3.94. The summed E-state index contributed by atoms with van der Waals surface area (Å²) in [6.45, 7) is 3.92. The van der Waals surface area contributed by atoms with Crippen LogP contribution in [0.5, 0.6) is 0 Å². The lowest BCUT2D eigenvalue weighted by Gasteiger charge is -2.25. The van der Waals surface area contributed by atoms with E-state index >= 15 is 0 Å². The third-order valence-corrected chi connectivity index (χ3v) is 8.20. The number of benzene rings is 1. The van der Waals surface area contributed by atoms with Crippen molar-refractivity contribution in [2.45, 2.75) is 42.9 Å². The molecule has 0 bridgehead atoms. The fourth-order valence-electron chi connectivity index (χ4n) is 3.14. The summed E-state index contributed by atoms with van der Waals surface area (Å²) in [6, 6.07) is 7.87. The molecule has 0 spiro atoms. The Balaban J connectivity index is 2.11. The Morgan fingerprint density at radius 1 is 0.880 bits per heavy atom. The van der Waals surface area contributed by atoms with Crippen molar-refractivity contribution < 1.29 is 16.8 Å². The first kappa shape index (κ1) is 18.1. The smallest absolute Gasteiger partial charge is 0.207 e. The first-order chi connectivity index (χ1) is 11.8. The Bertz CT molecular complexity index is 974. The molecule has 9 heteroatoms. The molecule has 1 aliphatic rings. The summed E-state index contributed by atoms with van der Waals surface area (Å²) < 4.78 is 53.8. The quantitative estimate of drug-likeness (QED) is 0.805. The Labute approximate surface area is 148 Å². The van der Waals surface area contributed by atoms with Crippen LogP contribution in [0.15, 0.2) is 40.1 Å². The third kappa shape index (κ3) is 3.11. The highest BCUT2D eigenvalue weighted by molar-refractivity contribution is 7.90. The van der Waals surface area contributed by atoms with Gasteiger partial charge in [0.1, 0.15) is 4.90 Å². The van der Waals surface area contributed by atoms with Crippen molar-refractivity contribution in [3.05, 3.63) is 41.7 Å². The summed E-state index contributed by atoms with van der Waals surface area (Å²) in [5.74, 6) is 0. The fraction of sp³-hybridized carbons (Fsp3) is 0.438. The van der Waals surface area contributed by atoms with Crippen molar-refractivity contribution >= 4 is 20.0 Å². The van der Waals surface area contributed by atoms with Crippen LogP contribution in [0, 0.1) is 13.8 Å². The van der Waals surface area contributed by atoms with E-state index < -0.39 is 20.0 Å². The molecule has 1 fully saturated rings. The largest absolute Gasteiger partial charge is 0.283 e. The van der Waals surface area contributed by atoms with E-state index in [2.05, 4.69) is 5.10 Å². The number of aromatic nitrogens is 2. The number of hydrogen-bond acceptors (Lipinski definition) is 5. The summed E-state index contributed by atoms with van der Waals surface area (Å²) in [5.41, 5.74) is 0.314. The lowest BCUT2D eigenvalue weighted by molar-refractivity contribution is 0.346. The van der Waals surface area contributed by atoms with Gasteiger partial charge < -0.3 is 0 Å². The molecule has 1 aliphatic heterocycles. The van der Waals surface area contributed by atoms with E-state index in [4.69, 9.17) is 0 Å². The number of sulfonamides is 1. The van der Waals surface area contributed by atoms with Crippen LogP contribution in [0.25, 0.3) is 0 Å². The minimum Gasteiger partial charge on any atom is -0.207 e. The minimum absolute atomic E-state index is 0.00564. The van der Waals surface area contributed by atoms with E-state index in [1.54, 1.807) is 18.2 Å². The molecule has 0 radical (unpaired) electrons. The van der Waals surface area contributed by atoms with Gasteiger partial charge >= 0.3 is 0 Å². The van der Waals surface area contributed by atoms with E-state index in [9.17, 15) is 16.8 Å². The normalized spacial score (nSPS) is 16.9. The fourth-order valence-corrected chi connectivity index (χ4v) is 6.45.